The zero-order valence-corrected chi connectivity index (χ0v) is 41.8. The first kappa shape index (κ1) is 60.6. The summed E-state index contributed by atoms with van der Waals surface area (Å²) >= 11 is 0. The molecule has 0 aliphatic carbocycles. The minimum Gasteiger partial charge on any atom is -0.462 e. The fourth-order valence-electron chi connectivity index (χ4n) is 7.13. The number of carbonyl (C=O) groups is 3. The molecule has 6 nitrogen and oxygen atoms in total. The Kier molecular flexibility index (Phi) is 49.4. The Morgan fingerprint density at radius 1 is 0.328 bits per heavy atom. The number of ether oxygens (including phenoxy) is 3. The van der Waals surface area contributed by atoms with Crippen LogP contribution >= 0.6 is 0 Å². The van der Waals surface area contributed by atoms with Gasteiger partial charge in [-0.05, 0) is 89.9 Å². The second-order valence-electron chi connectivity index (χ2n) is 17.4. The number of esters is 3. The maximum atomic E-state index is 12.8. The van der Waals surface area contributed by atoms with Gasteiger partial charge in [0.05, 0.1) is 0 Å². The van der Waals surface area contributed by atoms with E-state index in [0.717, 1.165) is 103 Å². The van der Waals surface area contributed by atoms with Gasteiger partial charge in [0.2, 0.25) is 0 Å². The highest BCUT2D eigenvalue weighted by Crippen LogP contribution is 2.15. The zero-order chi connectivity index (χ0) is 46.5. The molecule has 0 aliphatic heterocycles. The van der Waals surface area contributed by atoms with Gasteiger partial charge in [-0.2, -0.15) is 0 Å². The van der Waals surface area contributed by atoms with Crippen molar-refractivity contribution in [3.63, 3.8) is 0 Å². The average Bonchev–Trinajstić information content (AvgIpc) is 3.29. The number of hydrogen-bond donors (Lipinski definition) is 0. The average molecular weight is 891 g/mol. The standard InChI is InChI=1S/C58H98O6/c1-4-7-10-13-16-19-22-24-26-27-28-29-30-31-32-34-36-39-42-45-48-51-57(60)63-54-55(53-62-56(59)50-47-44-41-38-35-21-18-15-12-9-6-3)64-58(61)52-49-46-43-40-37-33-25-23-20-17-14-11-8-5-2/h7,10,15-16,18-19,24,26,28-29,31-32,36,39,55H,4-6,8-9,11-14,17,20-23,25,27,30,33-35,37-38,40-54H2,1-3H3/b10-7-,18-15-,19-16-,26-24-,29-28-,32-31-,39-36-. The van der Waals surface area contributed by atoms with E-state index >= 15 is 0 Å². The number of unbranched alkanes of at least 4 members (excludes halogenated alkanes) is 22. The van der Waals surface area contributed by atoms with E-state index in [1.54, 1.807) is 0 Å². The van der Waals surface area contributed by atoms with E-state index in [1.165, 1.54) is 103 Å². The van der Waals surface area contributed by atoms with Gasteiger partial charge in [-0.1, -0.05) is 221 Å². The summed E-state index contributed by atoms with van der Waals surface area (Å²) in [5, 5.41) is 0. The van der Waals surface area contributed by atoms with Gasteiger partial charge >= 0.3 is 17.9 Å². The first-order chi connectivity index (χ1) is 31.5. The van der Waals surface area contributed by atoms with Gasteiger partial charge in [-0.3, -0.25) is 14.4 Å². The molecule has 0 N–H and O–H groups in total. The fourth-order valence-corrected chi connectivity index (χ4v) is 7.13. The lowest BCUT2D eigenvalue weighted by Crippen LogP contribution is -2.30. The van der Waals surface area contributed by atoms with Gasteiger partial charge in [0.1, 0.15) is 13.2 Å². The highest BCUT2D eigenvalue weighted by Gasteiger charge is 2.19. The Bertz CT molecular complexity index is 1250. The Morgan fingerprint density at radius 2 is 0.625 bits per heavy atom. The van der Waals surface area contributed by atoms with Crippen LogP contribution in [0.25, 0.3) is 0 Å². The van der Waals surface area contributed by atoms with Crippen LogP contribution in [0.15, 0.2) is 85.1 Å². The Labute approximate surface area is 395 Å². The maximum absolute atomic E-state index is 12.8. The van der Waals surface area contributed by atoms with Crippen LogP contribution in [0, 0.1) is 0 Å². The summed E-state index contributed by atoms with van der Waals surface area (Å²) < 4.78 is 16.8. The lowest BCUT2D eigenvalue weighted by molar-refractivity contribution is -0.167. The van der Waals surface area contributed by atoms with Crippen molar-refractivity contribution in [2.45, 2.75) is 252 Å². The van der Waals surface area contributed by atoms with Crippen molar-refractivity contribution in [2.75, 3.05) is 13.2 Å². The molecule has 0 bridgehead atoms. The van der Waals surface area contributed by atoms with E-state index in [-0.39, 0.29) is 31.1 Å². The SMILES string of the molecule is CC/C=C\C/C=C\C/C=C\C/C=C\C/C=C\C/C=C\CCCCC(=O)OCC(COC(=O)CCCCCCC/C=C\CCCC)OC(=O)CCCCCCCCCCCCCCCC. The van der Waals surface area contributed by atoms with Gasteiger partial charge in [-0.15, -0.1) is 0 Å². The van der Waals surface area contributed by atoms with Crippen LogP contribution < -0.4 is 0 Å². The summed E-state index contributed by atoms with van der Waals surface area (Å²) in [7, 11) is 0. The van der Waals surface area contributed by atoms with Crippen LogP contribution in [-0.2, 0) is 28.6 Å². The maximum Gasteiger partial charge on any atom is 0.306 e. The summed E-state index contributed by atoms with van der Waals surface area (Å²) in [6.45, 7) is 6.44. The minimum atomic E-state index is -0.795. The third kappa shape index (κ3) is 49.6. The number of hydrogen-bond acceptors (Lipinski definition) is 6. The van der Waals surface area contributed by atoms with E-state index in [1.807, 2.05) is 0 Å². The van der Waals surface area contributed by atoms with Crippen molar-refractivity contribution in [3.8, 4) is 0 Å². The van der Waals surface area contributed by atoms with Crippen molar-refractivity contribution in [1.29, 1.82) is 0 Å². The number of carbonyl (C=O) groups excluding carboxylic acids is 3. The molecule has 366 valence electrons. The molecule has 6 heteroatoms. The van der Waals surface area contributed by atoms with Crippen LogP contribution in [0.5, 0.6) is 0 Å². The quantitative estimate of drug-likeness (QED) is 0.0262. The zero-order valence-electron chi connectivity index (χ0n) is 41.8. The van der Waals surface area contributed by atoms with Crippen LogP contribution in [0.4, 0.5) is 0 Å². The molecule has 0 aromatic heterocycles. The third-order valence-corrected chi connectivity index (χ3v) is 11.1. The van der Waals surface area contributed by atoms with Gasteiger partial charge in [-0.25, -0.2) is 0 Å². The summed E-state index contributed by atoms with van der Waals surface area (Å²) in [6, 6.07) is 0. The summed E-state index contributed by atoms with van der Waals surface area (Å²) in [5.74, 6) is -0.946. The summed E-state index contributed by atoms with van der Waals surface area (Å²) in [4.78, 5) is 38.0. The highest BCUT2D eigenvalue weighted by molar-refractivity contribution is 5.71. The highest BCUT2D eigenvalue weighted by atomic mass is 16.6. The molecule has 0 heterocycles. The van der Waals surface area contributed by atoms with Gasteiger partial charge in [0.15, 0.2) is 6.10 Å². The minimum absolute atomic E-state index is 0.0936. The van der Waals surface area contributed by atoms with Gasteiger partial charge in [0.25, 0.3) is 0 Å². The normalized spacial score (nSPS) is 12.7. The molecule has 0 amide bonds. The van der Waals surface area contributed by atoms with Crippen molar-refractivity contribution in [1.82, 2.24) is 0 Å². The van der Waals surface area contributed by atoms with Crippen molar-refractivity contribution in [3.05, 3.63) is 85.1 Å². The second kappa shape index (κ2) is 52.2. The predicted octanol–water partition coefficient (Wildman–Crippen LogP) is 17.6. The molecule has 64 heavy (non-hydrogen) atoms. The van der Waals surface area contributed by atoms with E-state index in [4.69, 9.17) is 14.2 Å². The molecule has 0 aromatic carbocycles. The molecule has 0 fully saturated rings. The van der Waals surface area contributed by atoms with Crippen molar-refractivity contribution >= 4 is 17.9 Å². The van der Waals surface area contributed by atoms with Gasteiger partial charge in [0, 0.05) is 19.3 Å². The summed E-state index contributed by atoms with van der Waals surface area (Å²) in [6.07, 6.45) is 67.1. The Balaban J connectivity index is 4.43. The van der Waals surface area contributed by atoms with E-state index < -0.39 is 6.10 Å². The molecule has 0 aliphatic rings. The molecule has 0 radical (unpaired) electrons. The molecule has 0 spiro atoms. The van der Waals surface area contributed by atoms with Gasteiger partial charge < -0.3 is 14.2 Å². The first-order valence-corrected chi connectivity index (χ1v) is 26.6. The predicted molar refractivity (Wildman–Crippen MR) is 274 cm³/mol. The lowest BCUT2D eigenvalue weighted by Gasteiger charge is -2.18. The van der Waals surface area contributed by atoms with Crippen LogP contribution in [0.3, 0.4) is 0 Å². The first-order valence-electron chi connectivity index (χ1n) is 26.6. The molecular formula is C58H98O6. The molecule has 0 saturated carbocycles. The third-order valence-electron chi connectivity index (χ3n) is 11.1. The smallest absolute Gasteiger partial charge is 0.306 e. The lowest BCUT2D eigenvalue weighted by atomic mass is 10.0. The Hall–Kier alpha value is -3.41. The van der Waals surface area contributed by atoms with E-state index in [2.05, 4.69) is 106 Å². The molecule has 0 saturated heterocycles. The van der Waals surface area contributed by atoms with E-state index in [9.17, 15) is 14.4 Å². The van der Waals surface area contributed by atoms with Crippen LogP contribution in [0.1, 0.15) is 245 Å². The summed E-state index contributed by atoms with van der Waals surface area (Å²) in [5.41, 5.74) is 0. The fraction of sp³-hybridized carbons (Fsp3) is 0.707. The monoisotopic (exact) mass is 891 g/mol. The molecular weight excluding hydrogens is 793 g/mol. The van der Waals surface area contributed by atoms with Crippen molar-refractivity contribution < 1.29 is 28.6 Å². The van der Waals surface area contributed by atoms with Crippen LogP contribution in [-0.4, -0.2) is 37.2 Å². The number of rotatable bonds is 47. The Morgan fingerprint density at radius 3 is 1.05 bits per heavy atom. The van der Waals surface area contributed by atoms with Crippen LogP contribution in [0.2, 0.25) is 0 Å². The molecule has 0 aromatic rings. The second-order valence-corrected chi connectivity index (χ2v) is 17.4. The number of allylic oxidation sites excluding steroid dienone is 14. The molecule has 0 rings (SSSR count). The van der Waals surface area contributed by atoms with E-state index in [0.29, 0.717) is 19.3 Å². The molecule has 1 atom stereocenters. The largest absolute Gasteiger partial charge is 0.462 e. The molecule has 1 unspecified atom stereocenters. The van der Waals surface area contributed by atoms with Crippen molar-refractivity contribution in [2.24, 2.45) is 0 Å². The topological polar surface area (TPSA) is 78.9 Å².